The second-order valence-corrected chi connectivity index (χ2v) is 8.40. The zero-order valence-corrected chi connectivity index (χ0v) is 19.9. The summed E-state index contributed by atoms with van der Waals surface area (Å²) in [5.74, 6) is 1.59. The van der Waals surface area contributed by atoms with Gasteiger partial charge in [-0.1, -0.05) is 44.2 Å². The number of benzene rings is 1. The minimum Gasteiger partial charge on any atom is -0.376 e. The molecular formula is C21H37IN4O. The van der Waals surface area contributed by atoms with Gasteiger partial charge in [-0.3, -0.25) is 4.99 Å². The van der Waals surface area contributed by atoms with Gasteiger partial charge in [-0.05, 0) is 31.5 Å². The Balaban J connectivity index is 0.00000364. The van der Waals surface area contributed by atoms with Crippen LogP contribution >= 0.6 is 24.0 Å². The van der Waals surface area contributed by atoms with E-state index in [0.29, 0.717) is 12.5 Å². The normalized spacial score (nSPS) is 17.9. The molecule has 1 aromatic rings. The van der Waals surface area contributed by atoms with Crippen LogP contribution in [0.5, 0.6) is 0 Å². The Morgan fingerprint density at radius 3 is 2.63 bits per heavy atom. The van der Waals surface area contributed by atoms with Crippen LogP contribution in [0.3, 0.4) is 0 Å². The molecule has 5 nitrogen and oxygen atoms in total. The van der Waals surface area contributed by atoms with E-state index < -0.39 is 0 Å². The van der Waals surface area contributed by atoms with Gasteiger partial charge in [0.2, 0.25) is 0 Å². The van der Waals surface area contributed by atoms with E-state index in [2.05, 4.69) is 72.3 Å². The lowest BCUT2D eigenvalue weighted by molar-refractivity contribution is 0.0906. The lowest BCUT2D eigenvalue weighted by atomic mass is 9.93. The van der Waals surface area contributed by atoms with Crippen molar-refractivity contribution in [2.45, 2.75) is 26.9 Å². The van der Waals surface area contributed by atoms with E-state index in [1.165, 1.54) is 5.56 Å². The molecule has 2 rings (SSSR count). The SMILES string of the molecule is CN=C(NCC(C)(C)CN(C)C)N1CCC(COCc2ccccc2)C1.I. The van der Waals surface area contributed by atoms with E-state index in [9.17, 15) is 0 Å². The summed E-state index contributed by atoms with van der Waals surface area (Å²) in [5, 5.41) is 3.57. The first-order chi connectivity index (χ1) is 12.4. The molecule has 0 saturated carbocycles. The molecule has 0 bridgehead atoms. The third-order valence-electron chi connectivity index (χ3n) is 4.73. The Kier molecular flexibility index (Phi) is 10.6. The fraction of sp³-hybridized carbons (Fsp3) is 0.667. The highest BCUT2D eigenvalue weighted by Crippen LogP contribution is 2.19. The van der Waals surface area contributed by atoms with E-state index >= 15 is 0 Å². The molecule has 0 aromatic heterocycles. The second-order valence-electron chi connectivity index (χ2n) is 8.40. The molecule has 0 aliphatic carbocycles. The van der Waals surface area contributed by atoms with Crippen molar-refractivity contribution in [2.24, 2.45) is 16.3 Å². The van der Waals surface area contributed by atoms with E-state index in [1.807, 2.05) is 13.1 Å². The Morgan fingerprint density at radius 1 is 1.30 bits per heavy atom. The zero-order chi connectivity index (χ0) is 19.0. The number of ether oxygens (including phenoxy) is 1. The maximum Gasteiger partial charge on any atom is 0.193 e. The summed E-state index contributed by atoms with van der Waals surface area (Å²) in [6.07, 6.45) is 1.16. The van der Waals surface area contributed by atoms with Crippen LogP contribution in [-0.2, 0) is 11.3 Å². The van der Waals surface area contributed by atoms with Crippen LogP contribution in [0.1, 0.15) is 25.8 Å². The first kappa shape index (κ1) is 24.2. The third-order valence-corrected chi connectivity index (χ3v) is 4.73. The highest BCUT2D eigenvalue weighted by atomic mass is 127. The van der Waals surface area contributed by atoms with Gasteiger partial charge < -0.3 is 19.9 Å². The molecule has 154 valence electrons. The van der Waals surface area contributed by atoms with Crippen molar-refractivity contribution in [3.8, 4) is 0 Å². The molecule has 1 unspecified atom stereocenters. The molecule has 1 heterocycles. The van der Waals surface area contributed by atoms with Crippen LogP contribution in [0, 0.1) is 11.3 Å². The van der Waals surface area contributed by atoms with Gasteiger partial charge in [0.25, 0.3) is 0 Å². The number of halogens is 1. The van der Waals surface area contributed by atoms with Gasteiger partial charge >= 0.3 is 0 Å². The van der Waals surface area contributed by atoms with Gasteiger partial charge in [0.1, 0.15) is 0 Å². The molecule has 6 heteroatoms. The number of hydrogen-bond acceptors (Lipinski definition) is 3. The molecule has 27 heavy (non-hydrogen) atoms. The highest BCUT2D eigenvalue weighted by molar-refractivity contribution is 14.0. The molecule has 0 radical (unpaired) electrons. The lowest BCUT2D eigenvalue weighted by Crippen LogP contribution is -2.46. The first-order valence-electron chi connectivity index (χ1n) is 9.61. The molecule has 1 atom stereocenters. The summed E-state index contributed by atoms with van der Waals surface area (Å²) in [7, 11) is 6.12. The largest absolute Gasteiger partial charge is 0.376 e. The third kappa shape index (κ3) is 8.79. The number of nitrogens with zero attached hydrogens (tertiary/aromatic N) is 3. The number of likely N-dealkylation sites (tertiary alicyclic amines) is 1. The fourth-order valence-corrected chi connectivity index (χ4v) is 3.64. The summed E-state index contributed by atoms with van der Waals surface area (Å²) < 4.78 is 5.93. The molecule has 0 spiro atoms. The Hall–Kier alpha value is -0.860. The van der Waals surface area contributed by atoms with Crippen molar-refractivity contribution < 1.29 is 4.74 Å². The average molecular weight is 488 g/mol. The minimum atomic E-state index is 0. The fourth-order valence-electron chi connectivity index (χ4n) is 3.64. The number of aliphatic imine (C=N–C) groups is 1. The van der Waals surface area contributed by atoms with Crippen LogP contribution < -0.4 is 5.32 Å². The van der Waals surface area contributed by atoms with Crippen molar-refractivity contribution in [1.29, 1.82) is 0 Å². The second kappa shape index (κ2) is 11.9. The Labute approximate surface area is 182 Å². The highest BCUT2D eigenvalue weighted by Gasteiger charge is 2.26. The van der Waals surface area contributed by atoms with Crippen LogP contribution in [0.25, 0.3) is 0 Å². The maximum absolute atomic E-state index is 5.93. The quantitative estimate of drug-likeness (QED) is 0.347. The number of hydrogen-bond donors (Lipinski definition) is 1. The Morgan fingerprint density at radius 2 is 2.00 bits per heavy atom. The van der Waals surface area contributed by atoms with Crippen molar-refractivity contribution in [3.63, 3.8) is 0 Å². The average Bonchev–Trinajstić information content (AvgIpc) is 3.04. The van der Waals surface area contributed by atoms with Crippen molar-refractivity contribution in [1.82, 2.24) is 15.1 Å². The van der Waals surface area contributed by atoms with E-state index in [-0.39, 0.29) is 29.4 Å². The van der Waals surface area contributed by atoms with E-state index in [4.69, 9.17) is 4.74 Å². The first-order valence-corrected chi connectivity index (χ1v) is 9.61. The monoisotopic (exact) mass is 488 g/mol. The van der Waals surface area contributed by atoms with Crippen LogP contribution in [0.4, 0.5) is 0 Å². The molecular weight excluding hydrogens is 451 g/mol. The maximum atomic E-state index is 5.93. The van der Waals surface area contributed by atoms with Gasteiger partial charge in [0, 0.05) is 39.1 Å². The van der Waals surface area contributed by atoms with Crippen LogP contribution in [0.15, 0.2) is 35.3 Å². The van der Waals surface area contributed by atoms with Gasteiger partial charge in [-0.25, -0.2) is 0 Å². The van der Waals surface area contributed by atoms with Crippen molar-refractivity contribution in [2.75, 3.05) is 53.9 Å². The van der Waals surface area contributed by atoms with Crippen LogP contribution in [-0.4, -0.2) is 69.7 Å². The number of nitrogens with one attached hydrogen (secondary N) is 1. The van der Waals surface area contributed by atoms with E-state index in [1.54, 1.807) is 0 Å². The van der Waals surface area contributed by atoms with Gasteiger partial charge in [0.15, 0.2) is 5.96 Å². The summed E-state index contributed by atoms with van der Waals surface area (Å²) in [4.78, 5) is 9.09. The summed E-state index contributed by atoms with van der Waals surface area (Å²) in [5.41, 5.74) is 1.44. The molecule has 1 aliphatic heterocycles. The molecule has 1 aliphatic rings. The van der Waals surface area contributed by atoms with E-state index in [0.717, 1.165) is 45.2 Å². The zero-order valence-electron chi connectivity index (χ0n) is 17.6. The van der Waals surface area contributed by atoms with Crippen molar-refractivity contribution >= 4 is 29.9 Å². The van der Waals surface area contributed by atoms with Gasteiger partial charge in [-0.2, -0.15) is 0 Å². The molecule has 1 aromatic carbocycles. The Bertz CT molecular complexity index is 563. The number of guanidine groups is 1. The predicted molar refractivity (Wildman–Crippen MR) is 125 cm³/mol. The molecule has 1 saturated heterocycles. The predicted octanol–water partition coefficient (Wildman–Crippen LogP) is 3.31. The summed E-state index contributed by atoms with van der Waals surface area (Å²) in [6.45, 7) is 10.1. The minimum absolute atomic E-state index is 0. The standard InChI is InChI=1S/C21H36N4O.HI/c1-21(2,17-24(4)5)16-23-20(22-3)25-12-11-19(13-25)15-26-14-18-9-7-6-8-10-18;/h6-10,19H,11-17H2,1-5H3,(H,22,23);1H. The van der Waals surface area contributed by atoms with Crippen LogP contribution in [0.2, 0.25) is 0 Å². The van der Waals surface area contributed by atoms with Gasteiger partial charge in [-0.15, -0.1) is 24.0 Å². The summed E-state index contributed by atoms with van der Waals surface area (Å²) in [6, 6.07) is 10.4. The topological polar surface area (TPSA) is 40.1 Å². The van der Waals surface area contributed by atoms with Crippen molar-refractivity contribution in [3.05, 3.63) is 35.9 Å². The lowest BCUT2D eigenvalue weighted by Gasteiger charge is -2.31. The molecule has 1 fully saturated rings. The molecule has 1 N–H and O–H groups in total. The number of rotatable bonds is 8. The van der Waals surface area contributed by atoms with Gasteiger partial charge in [0.05, 0.1) is 13.2 Å². The molecule has 0 amide bonds. The summed E-state index contributed by atoms with van der Waals surface area (Å²) >= 11 is 0. The smallest absolute Gasteiger partial charge is 0.193 e.